The first-order chi connectivity index (χ1) is 14.4. The van der Waals surface area contributed by atoms with Gasteiger partial charge in [0.05, 0.1) is 6.04 Å². The predicted octanol–water partition coefficient (Wildman–Crippen LogP) is 5.83. The van der Waals surface area contributed by atoms with Crippen molar-refractivity contribution >= 4 is 0 Å². The Morgan fingerprint density at radius 1 is 1.00 bits per heavy atom. The first-order valence-electron chi connectivity index (χ1n) is 12.4. The molecule has 5 unspecified atom stereocenters. The van der Waals surface area contributed by atoms with Crippen molar-refractivity contribution in [1.29, 1.82) is 0 Å². The Morgan fingerprint density at radius 2 is 1.90 bits per heavy atom. The average molecular weight is 387 g/mol. The van der Waals surface area contributed by atoms with Crippen molar-refractivity contribution in [3.63, 3.8) is 0 Å². The van der Waals surface area contributed by atoms with E-state index in [2.05, 4.69) is 40.7 Å². The highest BCUT2D eigenvalue weighted by Gasteiger charge is 2.53. The lowest BCUT2D eigenvalue weighted by Gasteiger charge is -2.37. The van der Waals surface area contributed by atoms with Gasteiger partial charge in [-0.25, -0.2) is 0 Å². The molecule has 0 amide bonds. The third kappa shape index (κ3) is 2.47. The molecular weight excluding hydrogens is 352 g/mol. The predicted molar refractivity (Wildman–Crippen MR) is 118 cm³/mol. The molecule has 7 aliphatic rings. The fraction of sp³-hybridized carbons (Fsp3) is 0.630. The number of hydrogen-bond acceptors (Lipinski definition) is 2. The van der Waals surface area contributed by atoms with Gasteiger partial charge in [-0.3, -0.25) is 0 Å². The Bertz CT molecular complexity index is 872. The minimum atomic E-state index is 0.576. The zero-order valence-corrected chi connectivity index (χ0v) is 17.6. The van der Waals surface area contributed by atoms with E-state index in [0.717, 1.165) is 30.2 Å². The highest BCUT2D eigenvalue weighted by molar-refractivity contribution is 5.54. The van der Waals surface area contributed by atoms with Gasteiger partial charge >= 0.3 is 0 Å². The molecule has 1 saturated heterocycles. The van der Waals surface area contributed by atoms with E-state index in [0.29, 0.717) is 12.0 Å². The standard InChI is InChI=1S/C27H34N2/c1-4-8-25-17(5-1)9-11-19-18(15-23-20-6-2-3-7-21(20)23)10-12-22-24-16-28-14-13-26(24)29(25)27(19)22/h1,5,9,13,16,18,20-23,25,28H,2-4,6-8,10-12,14-15H2. The van der Waals surface area contributed by atoms with Gasteiger partial charge in [0.2, 0.25) is 0 Å². The van der Waals surface area contributed by atoms with Crippen LogP contribution in [0.25, 0.3) is 0 Å². The summed E-state index contributed by atoms with van der Waals surface area (Å²) in [4.78, 5) is 2.83. The van der Waals surface area contributed by atoms with Crippen LogP contribution in [0.5, 0.6) is 0 Å². The summed E-state index contributed by atoms with van der Waals surface area (Å²) in [6.07, 6.45) is 26.4. The maximum Gasteiger partial charge on any atom is 0.0588 e. The largest absolute Gasteiger partial charge is 0.387 e. The minimum absolute atomic E-state index is 0.576. The third-order valence-electron chi connectivity index (χ3n) is 9.38. The van der Waals surface area contributed by atoms with Crippen molar-refractivity contribution in [2.24, 2.45) is 29.6 Å². The Balaban J connectivity index is 1.29. The number of dihydropyridines is 1. The summed E-state index contributed by atoms with van der Waals surface area (Å²) < 4.78 is 0. The molecule has 1 N–H and O–H groups in total. The summed E-state index contributed by atoms with van der Waals surface area (Å²) in [5, 5.41) is 3.53. The molecule has 2 nitrogen and oxygen atoms in total. The summed E-state index contributed by atoms with van der Waals surface area (Å²) in [5.74, 6) is 4.75. The third-order valence-corrected chi connectivity index (χ3v) is 9.38. The Hall–Kier alpha value is -1.70. The van der Waals surface area contributed by atoms with Gasteiger partial charge < -0.3 is 10.2 Å². The van der Waals surface area contributed by atoms with Gasteiger partial charge in [-0.05, 0) is 92.3 Å². The molecule has 29 heavy (non-hydrogen) atoms. The first kappa shape index (κ1) is 17.0. The quantitative estimate of drug-likeness (QED) is 0.642. The van der Waals surface area contributed by atoms with E-state index >= 15 is 0 Å². The zero-order chi connectivity index (χ0) is 18.9. The maximum atomic E-state index is 3.53. The van der Waals surface area contributed by atoms with Crippen molar-refractivity contribution in [2.75, 3.05) is 6.54 Å². The molecule has 2 heteroatoms. The summed E-state index contributed by atoms with van der Waals surface area (Å²) in [5.41, 5.74) is 8.31. The van der Waals surface area contributed by atoms with Gasteiger partial charge in [-0.2, -0.15) is 0 Å². The summed E-state index contributed by atoms with van der Waals surface area (Å²) in [6, 6.07) is 0.576. The molecule has 2 saturated carbocycles. The zero-order valence-electron chi connectivity index (χ0n) is 17.6. The van der Waals surface area contributed by atoms with Crippen molar-refractivity contribution in [3.05, 3.63) is 58.6 Å². The number of allylic oxidation sites excluding steroid dienone is 5. The van der Waals surface area contributed by atoms with Crippen LogP contribution in [-0.4, -0.2) is 17.5 Å². The number of nitrogens with one attached hydrogen (secondary N) is 1. The lowest BCUT2D eigenvalue weighted by atomic mass is 9.75. The lowest BCUT2D eigenvalue weighted by molar-refractivity contribution is 0.311. The normalized spacial score (nSPS) is 41.8. The van der Waals surface area contributed by atoms with E-state index in [1.165, 1.54) is 64.2 Å². The molecule has 0 spiro atoms. The smallest absolute Gasteiger partial charge is 0.0588 e. The van der Waals surface area contributed by atoms with E-state index < -0.39 is 0 Å². The van der Waals surface area contributed by atoms with Gasteiger partial charge in [0.15, 0.2) is 0 Å². The van der Waals surface area contributed by atoms with Crippen LogP contribution in [0.15, 0.2) is 58.6 Å². The SMILES string of the molecule is C1=CC2=CCC3=C4C(CCC3CC3C5CCCCC53)C3=CNCC=C3N4C2CC1. The molecule has 3 aliphatic heterocycles. The van der Waals surface area contributed by atoms with Crippen LogP contribution in [0.1, 0.15) is 64.2 Å². The number of hydrogen-bond donors (Lipinski definition) is 1. The molecule has 152 valence electrons. The summed E-state index contributed by atoms with van der Waals surface area (Å²) in [6.45, 7) is 0.987. The molecule has 0 radical (unpaired) electrons. The second kappa shape index (κ2) is 6.40. The average Bonchev–Trinajstić information content (AvgIpc) is 3.41. The highest BCUT2D eigenvalue weighted by atomic mass is 15.2. The van der Waals surface area contributed by atoms with Gasteiger partial charge in [0.25, 0.3) is 0 Å². The number of nitrogens with zero attached hydrogens (tertiary/aromatic N) is 1. The number of fused-ring (bicyclic) bond motifs is 6. The topological polar surface area (TPSA) is 15.3 Å². The van der Waals surface area contributed by atoms with Gasteiger partial charge in [-0.15, -0.1) is 0 Å². The van der Waals surface area contributed by atoms with E-state index in [9.17, 15) is 0 Å². The molecule has 7 rings (SSSR count). The van der Waals surface area contributed by atoms with Crippen molar-refractivity contribution in [2.45, 2.75) is 70.3 Å². The van der Waals surface area contributed by atoms with Gasteiger partial charge in [0, 0.05) is 35.6 Å². The molecule has 3 fully saturated rings. The first-order valence-corrected chi connectivity index (χ1v) is 12.4. The van der Waals surface area contributed by atoms with Crippen LogP contribution in [0.4, 0.5) is 0 Å². The van der Waals surface area contributed by atoms with E-state index in [4.69, 9.17) is 0 Å². The lowest BCUT2D eigenvalue weighted by Crippen LogP contribution is -2.35. The van der Waals surface area contributed by atoms with E-state index in [-0.39, 0.29) is 0 Å². The van der Waals surface area contributed by atoms with Gasteiger partial charge in [-0.1, -0.05) is 31.1 Å². The van der Waals surface area contributed by atoms with Crippen LogP contribution in [0, 0.1) is 29.6 Å². The van der Waals surface area contributed by atoms with E-state index in [1.807, 2.05) is 5.57 Å². The van der Waals surface area contributed by atoms with Crippen LogP contribution in [0.2, 0.25) is 0 Å². The van der Waals surface area contributed by atoms with Crippen LogP contribution < -0.4 is 5.32 Å². The highest BCUT2D eigenvalue weighted by Crippen LogP contribution is 2.61. The van der Waals surface area contributed by atoms with Crippen molar-refractivity contribution in [3.8, 4) is 0 Å². The molecule has 0 aromatic carbocycles. The molecule has 5 atom stereocenters. The monoisotopic (exact) mass is 386 g/mol. The van der Waals surface area contributed by atoms with Crippen molar-refractivity contribution < 1.29 is 0 Å². The van der Waals surface area contributed by atoms with Crippen LogP contribution in [0.3, 0.4) is 0 Å². The molecule has 0 aromatic heterocycles. The van der Waals surface area contributed by atoms with Crippen LogP contribution in [-0.2, 0) is 0 Å². The second-order valence-corrected chi connectivity index (χ2v) is 10.6. The second-order valence-electron chi connectivity index (χ2n) is 10.6. The Morgan fingerprint density at radius 3 is 2.79 bits per heavy atom. The Labute approximate surface area is 175 Å². The molecule has 0 aromatic rings. The number of rotatable bonds is 2. The van der Waals surface area contributed by atoms with E-state index in [1.54, 1.807) is 22.5 Å². The van der Waals surface area contributed by atoms with Crippen molar-refractivity contribution in [1.82, 2.24) is 10.2 Å². The fourth-order valence-electron chi connectivity index (χ4n) is 8.05. The fourth-order valence-corrected chi connectivity index (χ4v) is 8.05. The molecule has 0 bridgehead atoms. The molecular formula is C27H34N2. The minimum Gasteiger partial charge on any atom is -0.387 e. The van der Waals surface area contributed by atoms with Gasteiger partial charge in [0.1, 0.15) is 0 Å². The summed E-state index contributed by atoms with van der Waals surface area (Å²) >= 11 is 0. The summed E-state index contributed by atoms with van der Waals surface area (Å²) in [7, 11) is 0. The molecule has 4 aliphatic carbocycles. The van der Waals surface area contributed by atoms with Crippen LogP contribution >= 0.6 is 0 Å². The Kier molecular flexibility index (Phi) is 3.76. The molecule has 3 heterocycles. The maximum absolute atomic E-state index is 3.53.